The molecular weight excluding hydrogens is 462 g/mol. The molecule has 0 aliphatic heterocycles. The zero-order valence-corrected chi connectivity index (χ0v) is 18.8. The van der Waals surface area contributed by atoms with E-state index in [0.717, 1.165) is 53.0 Å². The van der Waals surface area contributed by atoms with Crippen LogP contribution in [-0.4, -0.2) is 34.7 Å². The lowest BCUT2D eigenvalue weighted by Gasteiger charge is -2.14. The van der Waals surface area contributed by atoms with Gasteiger partial charge in [-0.25, -0.2) is 23.7 Å². The van der Waals surface area contributed by atoms with Crippen molar-refractivity contribution in [2.24, 2.45) is 0 Å². The Balaban J connectivity index is 1.62. The molecule has 7 rings (SSSR count). The summed E-state index contributed by atoms with van der Waals surface area (Å²) >= 11 is 0. The Morgan fingerprint density at radius 1 is 0.889 bits per heavy atom. The molecule has 0 saturated heterocycles. The number of nitrogens with zero attached hydrogens (tertiary/aromatic N) is 6. The number of aromatic amines is 1. The second kappa shape index (κ2) is 7.64. The number of fused-ring (bicyclic) bond motifs is 2. The van der Waals surface area contributed by atoms with Crippen LogP contribution < -0.4 is 5.73 Å². The van der Waals surface area contributed by atoms with Crippen LogP contribution in [0.2, 0.25) is 0 Å². The third-order valence-electron chi connectivity index (χ3n) is 6.52. The van der Waals surface area contributed by atoms with E-state index in [-0.39, 0.29) is 16.8 Å². The predicted octanol–water partition coefficient (Wildman–Crippen LogP) is 5.16. The normalized spacial score (nSPS) is 13.6. The summed E-state index contributed by atoms with van der Waals surface area (Å²) in [4.78, 5) is 17.6. The molecule has 0 unspecified atom stereocenters. The Morgan fingerprint density at radius 2 is 1.72 bits per heavy atom. The van der Waals surface area contributed by atoms with E-state index in [1.807, 2.05) is 22.8 Å². The number of nitrogens with one attached hydrogen (secondary N) is 1. The minimum Gasteiger partial charge on any atom is -0.384 e. The van der Waals surface area contributed by atoms with Gasteiger partial charge in [0.15, 0.2) is 5.82 Å². The van der Waals surface area contributed by atoms with Gasteiger partial charge in [0.25, 0.3) is 0 Å². The van der Waals surface area contributed by atoms with Gasteiger partial charge in [-0.05, 0) is 66.4 Å². The number of halogens is 2. The summed E-state index contributed by atoms with van der Waals surface area (Å²) in [7, 11) is 0. The number of pyridine rings is 2. The zero-order valence-electron chi connectivity index (χ0n) is 18.8. The summed E-state index contributed by atoms with van der Waals surface area (Å²) in [5.41, 5.74) is 10.3. The molecule has 3 N–H and O–H groups in total. The molecule has 36 heavy (non-hydrogen) atoms. The van der Waals surface area contributed by atoms with Gasteiger partial charge in [-0.1, -0.05) is 0 Å². The maximum absolute atomic E-state index is 15.2. The number of hydrogen-bond acceptors (Lipinski definition) is 6. The van der Waals surface area contributed by atoms with Crippen molar-refractivity contribution in [2.45, 2.75) is 18.8 Å². The molecule has 10 heteroatoms. The minimum absolute atomic E-state index is 0.0235. The molecule has 176 valence electrons. The molecule has 2 aromatic carbocycles. The third kappa shape index (κ3) is 3.14. The number of aromatic nitrogens is 7. The standard InChI is InChI=1S/C26H18F2N8/c27-17-3-4-18(28)24-22(17)19(6-8-31-24)36-20-10-15(14-5-7-30-21(29)11-14)9-16(25-32-12-33-35-25)23(20)34-26(36)13-1-2-13/h3-13H,1-2H2,(H2,29,30)(H,32,33,35). The largest absolute Gasteiger partial charge is 0.384 e. The van der Waals surface area contributed by atoms with Gasteiger partial charge in [0, 0.05) is 23.9 Å². The molecule has 1 fully saturated rings. The van der Waals surface area contributed by atoms with Crippen molar-refractivity contribution < 1.29 is 8.78 Å². The van der Waals surface area contributed by atoms with Gasteiger partial charge in [-0.15, -0.1) is 0 Å². The SMILES string of the molecule is Nc1cc(-c2cc(-c3ncn[nH]3)c3nc(C4CC4)n(-c4ccnc5c(F)ccc(F)c45)c3c2)ccn1. The number of nitrogen functional groups attached to an aromatic ring is 1. The van der Waals surface area contributed by atoms with Gasteiger partial charge in [0.1, 0.15) is 40.6 Å². The summed E-state index contributed by atoms with van der Waals surface area (Å²) < 4.78 is 31.8. The molecule has 1 aliphatic carbocycles. The highest BCUT2D eigenvalue weighted by molar-refractivity contribution is 5.98. The van der Waals surface area contributed by atoms with E-state index in [2.05, 4.69) is 25.1 Å². The van der Waals surface area contributed by atoms with Gasteiger partial charge in [0.05, 0.1) is 16.6 Å². The molecule has 0 bridgehead atoms. The highest BCUT2D eigenvalue weighted by Crippen LogP contribution is 2.44. The number of hydrogen-bond donors (Lipinski definition) is 2. The molecule has 4 aromatic heterocycles. The second-order valence-electron chi connectivity index (χ2n) is 8.86. The van der Waals surface area contributed by atoms with E-state index < -0.39 is 11.6 Å². The maximum Gasteiger partial charge on any atom is 0.157 e. The smallest absolute Gasteiger partial charge is 0.157 e. The van der Waals surface area contributed by atoms with Crippen molar-refractivity contribution in [1.29, 1.82) is 0 Å². The van der Waals surface area contributed by atoms with Crippen LogP contribution >= 0.6 is 0 Å². The van der Waals surface area contributed by atoms with Crippen LogP contribution in [0.15, 0.2) is 61.2 Å². The lowest BCUT2D eigenvalue weighted by Crippen LogP contribution is -2.03. The number of rotatable bonds is 4. The van der Waals surface area contributed by atoms with E-state index in [9.17, 15) is 4.39 Å². The summed E-state index contributed by atoms with van der Waals surface area (Å²) in [6, 6.07) is 11.5. The quantitative estimate of drug-likeness (QED) is 0.361. The molecule has 6 aromatic rings. The summed E-state index contributed by atoms with van der Waals surface area (Å²) in [5.74, 6) is 0.798. The first kappa shape index (κ1) is 20.6. The van der Waals surface area contributed by atoms with Gasteiger partial charge in [-0.3, -0.25) is 14.6 Å². The highest BCUT2D eigenvalue weighted by Gasteiger charge is 2.32. The molecule has 0 spiro atoms. The van der Waals surface area contributed by atoms with Crippen molar-refractivity contribution in [3.63, 3.8) is 0 Å². The fraction of sp³-hybridized carbons (Fsp3) is 0.115. The van der Waals surface area contributed by atoms with E-state index in [1.165, 1.54) is 12.5 Å². The van der Waals surface area contributed by atoms with Crippen LogP contribution in [0.5, 0.6) is 0 Å². The van der Waals surface area contributed by atoms with Crippen molar-refractivity contribution in [3.8, 4) is 28.2 Å². The van der Waals surface area contributed by atoms with Crippen LogP contribution in [0.4, 0.5) is 14.6 Å². The number of anilines is 1. The van der Waals surface area contributed by atoms with Gasteiger partial charge < -0.3 is 5.73 Å². The minimum atomic E-state index is -0.582. The van der Waals surface area contributed by atoms with Gasteiger partial charge >= 0.3 is 0 Å². The van der Waals surface area contributed by atoms with Crippen molar-refractivity contribution in [3.05, 3.63) is 78.6 Å². The fourth-order valence-corrected chi connectivity index (χ4v) is 4.74. The van der Waals surface area contributed by atoms with Crippen LogP contribution in [0.3, 0.4) is 0 Å². The Hall–Kier alpha value is -4.73. The molecule has 1 saturated carbocycles. The van der Waals surface area contributed by atoms with Crippen molar-refractivity contribution >= 4 is 27.8 Å². The summed E-state index contributed by atoms with van der Waals surface area (Å²) in [6.45, 7) is 0. The first-order chi connectivity index (χ1) is 17.6. The number of imidazole rings is 1. The average molecular weight is 480 g/mol. The lowest BCUT2D eigenvalue weighted by molar-refractivity contribution is 0.614. The zero-order chi connectivity index (χ0) is 24.4. The van der Waals surface area contributed by atoms with E-state index in [1.54, 1.807) is 18.3 Å². The predicted molar refractivity (Wildman–Crippen MR) is 131 cm³/mol. The van der Waals surface area contributed by atoms with E-state index in [0.29, 0.717) is 22.8 Å². The van der Waals surface area contributed by atoms with Crippen LogP contribution in [0.1, 0.15) is 24.6 Å². The van der Waals surface area contributed by atoms with E-state index >= 15 is 4.39 Å². The van der Waals surface area contributed by atoms with E-state index in [4.69, 9.17) is 10.7 Å². The Kier molecular flexibility index (Phi) is 4.38. The van der Waals surface area contributed by atoms with Gasteiger partial charge in [0.2, 0.25) is 0 Å². The average Bonchev–Trinajstić information content (AvgIpc) is 3.44. The molecule has 4 heterocycles. The topological polar surface area (TPSA) is 111 Å². The first-order valence-electron chi connectivity index (χ1n) is 11.5. The highest BCUT2D eigenvalue weighted by atomic mass is 19.1. The monoisotopic (exact) mass is 480 g/mol. The van der Waals surface area contributed by atoms with Crippen LogP contribution in [0, 0.1) is 11.6 Å². The molecule has 0 radical (unpaired) electrons. The lowest BCUT2D eigenvalue weighted by atomic mass is 10.0. The summed E-state index contributed by atoms with van der Waals surface area (Å²) in [5, 5.41) is 7.06. The van der Waals surface area contributed by atoms with Crippen molar-refractivity contribution in [2.75, 3.05) is 5.73 Å². The summed E-state index contributed by atoms with van der Waals surface area (Å²) in [6.07, 6.45) is 6.51. The van der Waals surface area contributed by atoms with Crippen LogP contribution in [-0.2, 0) is 0 Å². The molecular formula is C26H18F2N8. The first-order valence-corrected chi connectivity index (χ1v) is 11.5. The second-order valence-corrected chi connectivity index (χ2v) is 8.86. The van der Waals surface area contributed by atoms with Gasteiger partial charge in [-0.2, -0.15) is 5.10 Å². The Bertz CT molecular complexity index is 1790. The maximum atomic E-state index is 15.2. The van der Waals surface area contributed by atoms with Crippen LogP contribution in [0.25, 0.3) is 50.1 Å². The Labute approximate surface area is 202 Å². The number of nitrogens with two attached hydrogens (primary N) is 1. The third-order valence-corrected chi connectivity index (χ3v) is 6.52. The molecule has 0 atom stereocenters. The number of benzene rings is 2. The molecule has 8 nitrogen and oxygen atoms in total. The van der Waals surface area contributed by atoms with Crippen molar-refractivity contribution in [1.82, 2.24) is 34.7 Å². The Morgan fingerprint density at radius 3 is 2.50 bits per heavy atom. The fourth-order valence-electron chi connectivity index (χ4n) is 4.74. The number of H-pyrrole nitrogens is 1. The molecule has 0 amide bonds. The molecule has 1 aliphatic rings.